The minimum absolute atomic E-state index is 0.0342. The molecule has 9 heteroatoms. The van der Waals surface area contributed by atoms with Crippen LogP contribution in [-0.4, -0.2) is 45.3 Å². The van der Waals surface area contributed by atoms with Crippen molar-refractivity contribution in [3.8, 4) is 11.9 Å². The van der Waals surface area contributed by atoms with Crippen LogP contribution < -0.4 is 17.0 Å². The van der Waals surface area contributed by atoms with Gasteiger partial charge < -0.3 is 15.7 Å². The summed E-state index contributed by atoms with van der Waals surface area (Å²) in [5, 5.41) is 19.3. The first-order valence-corrected chi connectivity index (χ1v) is 10.3. The second kappa shape index (κ2) is 10.9. The first-order chi connectivity index (χ1) is 15.3. The molecule has 0 unspecified atom stereocenters. The smallest absolute Gasteiger partial charge is 0.328 e. The van der Waals surface area contributed by atoms with Gasteiger partial charge in [0.1, 0.15) is 17.2 Å². The van der Waals surface area contributed by atoms with Crippen molar-refractivity contribution in [3.05, 3.63) is 79.6 Å². The maximum atomic E-state index is 12.1. The molecule has 1 aromatic heterocycles. The summed E-state index contributed by atoms with van der Waals surface area (Å²) in [6, 6.07) is 8.78. The van der Waals surface area contributed by atoms with Crippen molar-refractivity contribution in [2.75, 3.05) is 19.6 Å². The van der Waals surface area contributed by atoms with Crippen molar-refractivity contribution in [2.45, 2.75) is 27.2 Å². The normalized spacial score (nSPS) is 13.5. The van der Waals surface area contributed by atoms with Gasteiger partial charge in [-0.05, 0) is 26.1 Å². The Kier molecular flexibility index (Phi) is 8.32. The topological polar surface area (TPSA) is 151 Å². The Morgan fingerprint density at radius 2 is 1.81 bits per heavy atom. The van der Waals surface area contributed by atoms with Crippen molar-refractivity contribution in [2.24, 2.45) is 10.7 Å². The Labute approximate surface area is 186 Å². The van der Waals surface area contributed by atoms with E-state index in [0.717, 1.165) is 0 Å². The first kappa shape index (κ1) is 24.4. The van der Waals surface area contributed by atoms with Gasteiger partial charge in [-0.15, -0.1) is 0 Å². The molecule has 0 saturated heterocycles. The number of nitrogens with two attached hydrogens (primary N) is 1. The third-order valence-corrected chi connectivity index (χ3v) is 4.92. The molecule has 0 aliphatic carbocycles. The summed E-state index contributed by atoms with van der Waals surface area (Å²) in [6.45, 7) is 13.8. The van der Waals surface area contributed by atoms with E-state index >= 15 is 0 Å². The zero-order valence-electron chi connectivity index (χ0n) is 18.5. The van der Waals surface area contributed by atoms with Gasteiger partial charge in [0.15, 0.2) is 0 Å². The molecule has 0 spiro atoms. The highest BCUT2D eigenvalue weighted by molar-refractivity contribution is 6.21. The molecule has 0 fully saturated rings. The predicted molar refractivity (Wildman–Crippen MR) is 125 cm³/mol. The number of aromatic amines is 2. The average molecular weight is 437 g/mol. The van der Waals surface area contributed by atoms with Crippen LogP contribution in [-0.2, 0) is 0 Å². The lowest BCUT2D eigenvalue weighted by Crippen LogP contribution is -2.27. The lowest BCUT2D eigenvalue weighted by atomic mass is 9.99. The highest BCUT2D eigenvalue weighted by Crippen LogP contribution is 2.34. The zero-order chi connectivity index (χ0) is 23.8. The lowest BCUT2D eigenvalue weighted by Gasteiger charge is -2.15. The molecule has 2 heterocycles. The third-order valence-electron chi connectivity index (χ3n) is 4.92. The molecule has 0 atom stereocenters. The van der Waals surface area contributed by atoms with Gasteiger partial charge in [-0.3, -0.25) is 14.8 Å². The zero-order valence-corrected chi connectivity index (χ0v) is 18.5. The molecule has 0 radical (unpaired) electrons. The van der Waals surface area contributed by atoms with Crippen LogP contribution in [0.15, 0.2) is 56.7 Å². The Hall–Kier alpha value is -3.90. The second-order valence-corrected chi connectivity index (χ2v) is 7.03. The summed E-state index contributed by atoms with van der Waals surface area (Å²) in [4.78, 5) is 34.2. The fourth-order valence-corrected chi connectivity index (χ4v) is 3.34. The van der Waals surface area contributed by atoms with Crippen molar-refractivity contribution in [1.82, 2.24) is 14.9 Å². The number of allylic oxidation sites excluding steroid dienone is 1. The van der Waals surface area contributed by atoms with Crippen molar-refractivity contribution < 1.29 is 5.11 Å². The van der Waals surface area contributed by atoms with Crippen molar-refractivity contribution in [1.29, 1.82) is 5.26 Å². The van der Waals surface area contributed by atoms with Crippen molar-refractivity contribution >= 4 is 11.4 Å². The molecule has 1 aliphatic heterocycles. The molecule has 0 saturated carbocycles. The molecular formula is C23H28N6O3. The molecule has 2 aromatic rings. The van der Waals surface area contributed by atoms with Crippen LogP contribution >= 0.6 is 0 Å². The molecule has 0 amide bonds. The minimum atomic E-state index is -0.836. The minimum Gasteiger partial charge on any atom is -0.494 e. The van der Waals surface area contributed by atoms with Crippen LogP contribution in [0.3, 0.4) is 0 Å². The number of benzene rings is 1. The largest absolute Gasteiger partial charge is 0.494 e. The van der Waals surface area contributed by atoms with Gasteiger partial charge in [-0.25, -0.2) is 9.79 Å². The van der Waals surface area contributed by atoms with E-state index in [1.54, 1.807) is 24.3 Å². The maximum Gasteiger partial charge on any atom is 0.328 e. The first-order valence-electron chi connectivity index (χ1n) is 10.3. The third kappa shape index (κ3) is 5.22. The van der Waals surface area contributed by atoms with Gasteiger partial charge in [0.2, 0.25) is 5.88 Å². The van der Waals surface area contributed by atoms with Crippen LogP contribution in [0.25, 0.3) is 5.70 Å². The van der Waals surface area contributed by atoms with Gasteiger partial charge in [0.25, 0.3) is 5.56 Å². The Morgan fingerprint density at radius 3 is 2.28 bits per heavy atom. The number of rotatable bonds is 6. The number of nitrogens with one attached hydrogen (secondary N) is 2. The van der Waals surface area contributed by atoms with Crippen LogP contribution in [0, 0.1) is 11.3 Å². The Balaban J connectivity index is 0.000000390. The molecular weight excluding hydrogens is 408 g/mol. The van der Waals surface area contributed by atoms with E-state index in [4.69, 9.17) is 5.73 Å². The van der Waals surface area contributed by atoms with Crippen LogP contribution in [0.4, 0.5) is 0 Å². The van der Waals surface area contributed by atoms with E-state index in [9.17, 15) is 20.0 Å². The van der Waals surface area contributed by atoms with Gasteiger partial charge >= 0.3 is 5.69 Å². The molecule has 9 nitrogen and oxygen atoms in total. The van der Waals surface area contributed by atoms with Crippen molar-refractivity contribution in [3.63, 3.8) is 0 Å². The summed E-state index contributed by atoms with van der Waals surface area (Å²) in [6.07, 6.45) is 1.28. The number of aromatic hydroxyl groups is 1. The standard InChI is InChI=1S/C16H11N5O3.C7H17N/c1-7(18)10(6-17)12-8-4-2-3-5-9(8)13(19-12)11-14(22)20-16(24)21-15(11)23;1-4-7-8(5-2)6-3/h2-5H,1,18H2,(H3,20,21,22,23,24);4-7H2,1-3H3/b12-10-;. The monoisotopic (exact) mass is 436 g/mol. The molecule has 32 heavy (non-hydrogen) atoms. The van der Waals surface area contributed by atoms with E-state index in [2.05, 4.69) is 42.2 Å². The van der Waals surface area contributed by atoms with E-state index < -0.39 is 17.1 Å². The molecule has 1 aromatic carbocycles. The predicted octanol–water partition coefficient (Wildman–Crippen LogP) is 2.07. The molecule has 0 bridgehead atoms. The molecule has 1 aliphatic rings. The van der Waals surface area contributed by atoms with Crippen LogP contribution in [0.2, 0.25) is 0 Å². The van der Waals surface area contributed by atoms with Gasteiger partial charge in [0.05, 0.1) is 11.4 Å². The van der Waals surface area contributed by atoms with Gasteiger partial charge in [-0.2, -0.15) is 5.26 Å². The number of aliphatic imine (C=N–C) groups is 1. The number of fused-ring (bicyclic) bond motifs is 1. The van der Waals surface area contributed by atoms with Gasteiger partial charge in [0, 0.05) is 16.8 Å². The molecule has 5 N–H and O–H groups in total. The average Bonchev–Trinajstić information content (AvgIpc) is 3.11. The van der Waals surface area contributed by atoms with E-state index in [-0.39, 0.29) is 28.2 Å². The highest BCUT2D eigenvalue weighted by atomic mass is 16.3. The summed E-state index contributed by atoms with van der Waals surface area (Å²) >= 11 is 0. The van der Waals surface area contributed by atoms with E-state index in [1.807, 2.05) is 11.1 Å². The van der Waals surface area contributed by atoms with E-state index in [1.165, 1.54) is 26.1 Å². The maximum absolute atomic E-state index is 12.1. The highest BCUT2D eigenvalue weighted by Gasteiger charge is 2.28. The lowest BCUT2D eigenvalue weighted by molar-refractivity contribution is 0.304. The fraction of sp³-hybridized carbons (Fsp3) is 0.304. The summed E-state index contributed by atoms with van der Waals surface area (Å²) < 4.78 is 0. The second-order valence-electron chi connectivity index (χ2n) is 7.03. The Bertz CT molecular complexity index is 1210. The quantitative estimate of drug-likeness (QED) is 0.509. The van der Waals surface area contributed by atoms with Crippen LogP contribution in [0.1, 0.15) is 43.9 Å². The van der Waals surface area contributed by atoms with Gasteiger partial charge in [-0.1, -0.05) is 51.6 Å². The summed E-state index contributed by atoms with van der Waals surface area (Å²) in [5.41, 5.74) is 5.38. The number of nitriles is 1. The Morgan fingerprint density at radius 1 is 1.19 bits per heavy atom. The van der Waals surface area contributed by atoms with Crippen LogP contribution in [0.5, 0.6) is 5.88 Å². The number of hydrogen-bond donors (Lipinski definition) is 4. The number of nitrogens with zero attached hydrogens (tertiary/aromatic N) is 3. The van der Waals surface area contributed by atoms with E-state index in [0.29, 0.717) is 11.1 Å². The summed E-state index contributed by atoms with van der Waals surface area (Å²) in [7, 11) is 0. The summed E-state index contributed by atoms with van der Waals surface area (Å²) in [5.74, 6) is -0.608. The number of hydrogen-bond acceptors (Lipinski definition) is 7. The fourth-order valence-electron chi connectivity index (χ4n) is 3.34. The number of aromatic nitrogens is 2. The number of H-pyrrole nitrogens is 2. The molecule has 3 rings (SSSR count). The SMILES string of the molecule is C=C(N)/C(C#N)=C1\N=C(c2c(O)[nH]c(=O)[nH]c2=O)c2ccccc21.CCCN(CC)CC. The molecule has 168 valence electrons.